The minimum absolute atomic E-state index is 0.336. The van der Waals surface area contributed by atoms with E-state index >= 15 is 0 Å². The molecule has 0 aromatic rings. The topological polar surface area (TPSA) is 55.6 Å². The van der Waals surface area contributed by atoms with Crippen molar-refractivity contribution in [1.82, 2.24) is 4.90 Å². The Morgan fingerprint density at radius 3 is 2.79 bits per heavy atom. The summed E-state index contributed by atoms with van der Waals surface area (Å²) in [6.45, 7) is 5.51. The average molecular weight is 200 g/mol. The van der Waals surface area contributed by atoms with Crippen LogP contribution in [0.25, 0.3) is 0 Å². The molecule has 1 heterocycles. The summed E-state index contributed by atoms with van der Waals surface area (Å²) in [5.74, 6) is -0.336. The van der Waals surface area contributed by atoms with Crippen LogP contribution in [0.15, 0.2) is 0 Å². The van der Waals surface area contributed by atoms with Crippen molar-refractivity contribution in [3.8, 4) is 0 Å². The summed E-state index contributed by atoms with van der Waals surface area (Å²) in [4.78, 5) is 13.6. The van der Waals surface area contributed by atoms with Crippen LogP contribution in [0, 0.1) is 0 Å². The molecule has 4 nitrogen and oxygen atoms in total. The maximum absolute atomic E-state index is 11.4. The van der Waals surface area contributed by atoms with Gasteiger partial charge in [-0.25, -0.2) is 0 Å². The third kappa shape index (κ3) is 2.45. The molecule has 0 spiro atoms. The van der Waals surface area contributed by atoms with Crippen LogP contribution in [0.2, 0.25) is 0 Å². The smallest absolute Gasteiger partial charge is 0.326 e. The monoisotopic (exact) mass is 200 g/mol. The zero-order valence-corrected chi connectivity index (χ0v) is 9.25. The number of methoxy groups -OCH3 is 1. The molecule has 0 aromatic carbocycles. The van der Waals surface area contributed by atoms with Crippen LogP contribution in [-0.2, 0) is 9.53 Å². The van der Waals surface area contributed by atoms with Crippen molar-refractivity contribution in [2.45, 2.75) is 38.3 Å². The lowest BCUT2D eigenvalue weighted by Crippen LogP contribution is -2.54. The van der Waals surface area contributed by atoms with E-state index in [9.17, 15) is 4.79 Å². The SMILES string of the molecule is COC(=O)C(C)(N)CN1CCCC1C. The van der Waals surface area contributed by atoms with Crippen molar-refractivity contribution < 1.29 is 9.53 Å². The van der Waals surface area contributed by atoms with E-state index in [0.717, 1.165) is 6.54 Å². The van der Waals surface area contributed by atoms with Gasteiger partial charge >= 0.3 is 5.97 Å². The first-order chi connectivity index (χ1) is 6.47. The van der Waals surface area contributed by atoms with E-state index in [1.165, 1.54) is 20.0 Å². The number of hydrogen-bond acceptors (Lipinski definition) is 4. The molecule has 0 aromatic heterocycles. The highest BCUT2D eigenvalue weighted by Crippen LogP contribution is 2.18. The van der Waals surface area contributed by atoms with Crippen molar-refractivity contribution in [3.05, 3.63) is 0 Å². The maximum Gasteiger partial charge on any atom is 0.326 e. The predicted octanol–water partition coefficient (Wildman–Crippen LogP) is 0.361. The lowest BCUT2D eigenvalue weighted by molar-refractivity contribution is -0.147. The maximum atomic E-state index is 11.4. The van der Waals surface area contributed by atoms with E-state index < -0.39 is 5.54 Å². The molecule has 1 rings (SSSR count). The van der Waals surface area contributed by atoms with Gasteiger partial charge in [0.15, 0.2) is 0 Å². The Morgan fingerprint density at radius 1 is 1.71 bits per heavy atom. The van der Waals surface area contributed by atoms with E-state index in [-0.39, 0.29) is 5.97 Å². The molecular formula is C10H20N2O2. The molecule has 2 N–H and O–H groups in total. The van der Waals surface area contributed by atoms with Gasteiger partial charge in [-0.2, -0.15) is 0 Å². The largest absolute Gasteiger partial charge is 0.468 e. The fourth-order valence-electron chi connectivity index (χ4n) is 1.95. The highest BCUT2D eigenvalue weighted by molar-refractivity contribution is 5.80. The minimum atomic E-state index is -0.882. The fourth-order valence-corrected chi connectivity index (χ4v) is 1.95. The van der Waals surface area contributed by atoms with Crippen LogP contribution < -0.4 is 5.73 Å². The summed E-state index contributed by atoms with van der Waals surface area (Å²) in [7, 11) is 1.38. The fraction of sp³-hybridized carbons (Fsp3) is 0.900. The molecule has 0 amide bonds. The quantitative estimate of drug-likeness (QED) is 0.668. The number of ether oxygens (including phenoxy) is 1. The molecule has 2 unspecified atom stereocenters. The van der Waals surface area contributed by atoms with E-state index in [1.54, 1.807) is 6.92 Å². The van der Waals surface area contributed by atoms with E-state index in [2.05, 4.69) is 16.6 Å². The second-order valence-corrected chi connectivity index (χ2v) is 4.37. The first kappa shape index (κ1) is 11.5. The molecule has 1 aliphatic heterocycles. The molecule has 0 saturated carbocycles. The van der Waals surface area contributed by atoms with Gasteiger partial charge in [-0.1, -0.05) is 0 Å². The van der Waals surface area contributed by atoms with Gasteiger partial charge in [0.05, 0.1) is 7.11 Å². The Bertz CT molecular complexity index is 216. The molecule has 82 valence electrons. The summed E-state index contributed by atoms with van der Waals surface area (Å²) < 4.78 is 4.67. The van der Waals surface area contributed by atoms with Gasteiger partial charge in [0.2, 0.25) is 0 Å². The van der Waals surface area contributed by atoms with Gasteiger partial charge < -0.3 is 10.5 Å². The van der Waals surface area contributed by atoms with Crippen molar-refractivity contribution in [2.24, 2.45) is 5.73 Å². The summed E-state index contributed by atoms with van der Waals surface area (Å²) in [5, 5.41) is 0. The number of carbonyl (C=O) groups is 1. The predicted molar refractivity (Wildman–Crippen MR) is 54.9 cm³/mol. The molecule has 4 heteroatoms. The first-order valence-corrected chi connectivity index (χ1v) is 5.08. The highest BCUT2D eigenvalue weighted by atomic mass is 16.5. The summed E-state index contributed by atoms with van der Waals surface area (Å²) in [5.41, 5.74) is 5.02. The van der Waals surface area contributed by atoms with Crippen LogP contribution in [-0.4, -0.2) is 42.6 Å². The van der Waals surface area contributed by atoms with E-state index in [1.807, 2.05) is 0 Å². The summed E-state index contributed by atoms with van der Waals surface area (Å²) in [6.07, 6.45) is 2.38. The number of likely N-dealkylation sites (tertiary alicyclic amines) is 1. The van der Waals surface area contributed by atoms with Gasteiger partial charge in [0.1, 0.15) is 5.54 Å². The second-order valence-electron chi connectivity index (χ2n) is 4.37. The van der Waals surface area contributed by atoms with E-state index in [4.69, 9.17) is 5.73 Å². The molecule has 1 fully saturated rings. The van der Waals surface area contributed by atoms with Crippen LogP contribution in [0.4, 0.5) is 0 Å². The van der Waals surface area contributed by atoms with Gasteiger partial charge in [-0.05, 0) is 33.2 Å². The Hall–Kier alpha value is -0.610. The number of esters is 1. The molecule has 0 bridgehead atoms. The zero-order valence-electron chi connectivity index (χ0n) is 9.25. The van der Waals surface area contributed by atoms with Crippen LogP contribution >= 0.6 is 0 Å². The summed E-state index contributed by atoms with van der Waals surface area (Å²) >= 11 is 0. The number of rotatable bonds is 3. The van der Waals surface area contributed by atoms with Crippen molar-refractivity contribution in [2.75, 3.05) is 20.2 Å². The van der Waals surface area contributed by atoms with Gasteiger partial charge in [-0.15, -0.1) is 0 Å². The standard InChI is InChI=1S/C10H20N2O2/c1-8-5-4-6-12(8)7-10(2,11)9(13)14-3/h8H,4-7,11H2,1-3H3. The molecule has 0 aliphatic carbocycles. The number of carbonyl (C=O) groups excluding carboxylic acids is 1. The normalized spacial score (nSPS) is 27.3. The first-order valence-electron chi connectivity index (χ1n) is 5.08. The third-order valence-corrected chi connectivity index (χ3v) is 2.87. The third-order valence-electron chi connectivity index (χ3n) is 2.87. The molecular weight excluding hydrogens is 180 g/mol. The van der Waals surface area contributed by atoms with Gasteiger partial charge in [0, 0.05) is 12.6 Å². The Labute approximate surface area is 85.4 Å². The average Bonchev–Trinajstić information content (AvgIpc) is 2.50. The lowest BCUT2D eigenvalue weighted by Gasteiger charge is -2.30. The molecule has 1 aliphatic rings. The van der Waals surface area contributed by atoms with Crippen molar-refractivity contribution in [3.63, 3.8) is 0 Å². The number of nitrogens with two attached hydrogens (primary N) is 1. The Kier molecular flexibility index (Phi) is 3.50. The van der Waals surface area contributed by atoms with Crippen molar-refractivity contribution in [1.29, 1.82) is 0 Å². The zero-order chi connectivity index (χ0) is 10.8. The molecule has 2 atom stereocenters. The highest BCUT2D eigenvalue weighted by Gasteiger charge is 2.34. The van der Waals surface area contributed by atoms with E-state index in [0.29, 0.717) is 12.6 Å². The minimum Gasteiger partial charge on any atom is -0.468 e. The van der Waals surface area contributed by atoms with Crippen molar-refractivity contribution >= 4 is 5.97 Å². The Morgan fingerprint density at radius 2 is 2.36 bits per heavy atom. The van der Waals surface area contributed by atoms with Gasteiger partial charge in [-0.3, -0.25) is 9.69 Å². The molecule has 1 saturated heterocycles. The Balaban J connectivity index is 2.53. The van der Waals surface area contributed by atoms with Crippen LogP contribution in [0.3, 0.4) is 0 Å². The number of nitrogens with zero attached hydrogens (tertiary/aromatic N) is 1. The molecule has 0 radical (unpaired) electrons. The molecule has 14 heavy (non-hydrogen) atoms. The van der Waals surface area contributed by atoms with Crippen LogP contribution in [0.1, 0.15) is 26.7 Å². The lowest BCUT2D eigenvalue weighted by atomic mass is 10.0. The number of hydrogen-bond donors (Lipinski definition) is 1. The second kappa shape index (κ2) is 4.28. The summed E-state index contributed by atoms with van der Waals surface area (Å²) in [6, 6.07) is 0.530. The van der Waals surface area contributed by atoms with Gasteiger partial charge in [0.25, 0.3) is 0 Å². The van der Waals surface area contributed by atoms with Crippen LogP contribution in [0.5, 0.6) is 0 Å².